The minimum absolute atomic E-state index is 0.157. The molecule has 1 saturated carbocycles. The fraction of sp³-hybridized carbons (Fsp3) is 0.706. The average Bonchev–Trinajstić information content (AvgIpc) is 2.54. The third-order valence-corrected chi connectivity index (χ3v) is 4.10. The van der Waals surface area contributed by atoms with Crippen molar-refractivity contribution in [1.82, 2.24) is 10.6 Å². The summed E-state index contributed by atoms with van der Waals surface area (Å²) in [6.45, 7) is 5.05. The van der Waals surface area contributed by atoms with Crippen LogP contribution < -0.4 is 10.6 Å². The first-order valence-electron chi connectivity index (χ1n) is 8.45. The minimum atomic E-state index is -1.19. The second-order valence-corrected chi connectivity index (χ2v) is 6.22. The number of rotatable bonds is 10. The quantitative estimate of drug-likeness (QED) is 0.410. The smallest absolute Gasteiger partial charge is 0.328 e. The molecule has 2 atom stereocenters. The number of nitrogens with one attached hydrogen (secondary N) is 2. The molecule has 1 fully saturated rings. The molecule has 3 N–H and O–H groups in total. The summed E-state index contributed by atoms with van der Waals surface area (Å²) in [4.78, 5) is 35.2. The summed E-state index contributed by atoms with van der Waals surface area (Å²) in [6, 6.07) is -1.95. The van der Waals surface area contributed by atoms with Crippen molar-refractivity contribution in [2.45, 2.75) is 57.5 Å². The van der Waals surface area contributed by atoms with Crippen molar-refractivity contribution in [2.75, 3.05) is 13.2 Å². The van der Waals surface area contributed by atoms with Gasteiger partial charge in [-0.15, -0.1) is 6.58 Å². The molecular formula is C17H28N2O5. The summed E-state index contributed by atoms with van der Waals surface area (Å²) in [6.07, 6.45) is 7.54. The van der Waals surface area contributed by atoms with Crippen molar-refractivity contribution in [3.05, 3.63) is 12.7 Å². The Hall–Kier alpha value is -1.89. The maximum absolute atomic E-state index is 12.1. The van der Waals surface area contributed by atoms with E-state index in [0.717, 1.165) is 25.7 Å². The number of aliphatic carboxylic acids is 1. The van der Waals surface area contributed by atoms with Gasteiger partial charge in [-0.25, -0.2) is 4.79 Å². The van der Waals surface area contributed by atoms with E-state index in [2.05, 4.69) is 17.2 Å². The molecule has 0 bridgehead atoms. The summed E-state index contributed by atoms with van der Waals surface area (Å²) in [5.41, 5.74) is 0. The average molecular weight is 340 g/mol. The summed E-state index contributed by atoms with van der Waals surface area (Å²) in [5, 5.41) is 14.1. The van der Waals surface area contributed by atoms with Crippen molar-refractivity contribution in [2.24, 2.45) is 5.92 Å². The van der Waals surface area contributed by atoms with Crippen molar-refractivity contribution in [1.29, 1.82) is 0 Å². The van der Waals surface area contributed by atoms with Gasteiger partial charge < -0.3 is 20.5 Å². The number of carboxylic acids is 1. The van der Waals surface area contributed by atoms with Crippen LogP contribution in [0.1, 0.15) is 45.4 Å². The highest BCUT2D eigenvalue weighted by molar-refractivity contribution is 5.90. The van der Waals surface area contributed by atoms with E-state index >= 15 is 0 Å². The lowest BCUT2D eigenvalue weighted by Gasteiger charge is -2.22. The molecular weight excluding hydrogens is 312 g/mol. The monoisotopic (exact) mass is 340 g/mol. The zero-order valence-corrected chi connectivity index (χ0v) is 14.3. The number of amides is 2. The van der Waals surface area contributed by atoms with Crippen molar-refractivity contribution < 1.29 is 24.2 Å². The third-order valence-electron chi connectivity index (χ3n) is 4.10. The van der Waals surface area contributed by atoms with Crippen molar-refractivity contribution in [3.63, 3.8) is 0 Å². The number of hydrogen-bond donors (Lipinski definition) is 3. The van der Waals surface area contributed by atoms with Gasteiger partial charge in [-0.3, -0.25) is 9.59 Å². The Bertz CT molecular complexity index is 446. The predicted molar refractivity (Wildman–Crippen MR) is 89.4 cm³/mol. The van der Waals surface area contributed by atoms with Crippen LogP contribution in [0.4, 0.5) is 0 Å². The third kappa shape index (κ3) is 7.59. The van der Waals surface area contributed by atoms with Gasteiger partial charge in [-0.2, -0.15) is 0 Å². The Labute approximate surface area is 142 Å². The van der Waals surface area contributed by atoms with Crippen LogP contribution in [0.15, 0.2) is 12.7 Å². The van der Waals surface area contributed by atoms with E-state index in [-0.39, 0.29) is 19.1 Å². The SMILES string of the molecule is C=CCOCC(NC(=O)C(C)NC(=O)CC1CCCCC1)C(=O)O. The second-order valence-electron chi connectivity index (χ2n) is 6.22. The number of carbonyl (C=O) groups excluding carboxylic acids is 2. The van der Waals surface area contributed by atoms with Gasteiger partial charge in [0.2, 0.25) is 11.8 Å². The first-order chi connectivity index (χ1) is 11.4. The highest BCUT2D eigenvalue weighted by atomic mass is 16.5. The van der Waals surface area contributed by atoms with Gasteiger partial charge in [-0.1, -0.05) is 25.3 Å². The Kier molecular flexibility index (Phi) is 9.07. The number of carbonyl (C=O) groups is 3. The van der Waals surface area contributed by atoms with Crippen LogP contribution in [0.2, 0.25) is 0 Å². The summed E-state index contributed by atoms with van der Waals surface area (Å²) in [7, 11) is 0. The second kappa shape index (κ2) is 10.8. The number of hydrogen-bond acceptors (Lipinski definition) is 4. The molecule has 7 heteroatoms. The van der Waals surface area contributed by atoms with E-state index in [1.54, 1.807) is 0 Å². The molecule has 0 aromatic rings. The molecule has 24 heavy (non-hydrogen) atoms. The first kappa shape index (κ1) is 20.2. The van der Waals surface area contributed by atoms with E-state index in [4.69, 9.17) is 9.84 Å². The molecule has 1 aliphatic carbocycles. The standard InChI is InChI=1S/C17H28N2O5/c1-3-9-24-11-14(17(22)23)19-16(21)12(2)18-15(20)10-13-7-5-4-6-8-13/h3,12-14H,1,4-11H2,2H3,(H,18,20)(H,19,21)(H,22,23). The van der Waals surface area contributed by atoms with Crippen LogP contribution in [-0.4, -0.2) is 48.2 Å². The highest BCUT2D eigenvalue weighted by Crippen LogP contribution is 2.26. The van der Waals surface area contributed by atoms with Gasteiger partial charge in [0.15, 0.2) is 6.04 Å². The minimum Gasteiger partial charge on any atom is -0.480 e. The Morgan fingerprint density at radius 3 is 2.50 bits per heavy atom. The Morgan fingerprint density at radius 2 is 1.92 bits per heavy atom. The van der Waals surface area contributed by atoms with Gasteiger partial charge in [0.1, 0.15) is 6.04 Å². The zero-order valence-electron chi connectivity index (χ0n) is 14.3. The summed E-state index contributed by atoms with van der Waals surface area (Å²) in [5.74, 6) is -1.51. The van der Waals surface area contributed by atoms with Gasteiger partial charge in [-0.05, 0) is 25.7 Å². The summed E-state index contributed by atoms with van der Waals surface area (Å²) < 4.78 is 5.07. The Morgan fingerprint density at radius 1 is 1.25 bits per heavy atom. The molecule has 7 nitrogen and oxygen atoms in total. The van der Waals surface area contributed by atoms with E-state index in [1.165, 1.54) is 19.4 Å². The lowest BCUT2D eigenvalue weighted by atomic mass is 9.87. The zero-order chi connectivity index (χ0) is 17.9. The van der Waals surface area contributed by atoms with Crippen LogP contribution >= 0.6 is 0 Å². The number of carboxylic acid groups (broad SMARTS) is 1. The van der Waals surface area contributed by atoms with E-state index in [0.29, 0.717) is 12.3 Å². The fourth-order valence-corrected chi connectivity index (χ4v) is 2.76. The van der Waals surface area contributed by atoms with Crippen LogP contribution in [0.25, 0.3) is 0 Å². The van der Waals surface area contributed by atoms with Crippen LogP contribution in [0, 0.1) is 5.92 Å². The lowest BCUT2D eigenvalue weighted by molar-refractivity contribution is -0.143. The van der Waals surface area contributed by atoms with Crippen molar-refractivity contribution in [3.8, 4) is 0 Å². The molecule has 1 rings (SSSR count). The summed E-state index contributed by atoms with van der Waals surface area (Å²) >= 11 is 0. The van der Waals surface area contributed by atoms with E-state index < -0.39 is 24.0 Å². The van der Waals surface area contributed by atoms with Gasteiger partial charge in [0.25, 0.3) is 0 Å². The predicted octanol–water partition coefficient (Wildman–Crippen LogP) is 1.23. The first-order valence-corrected chi connectivity index (χ1v) is 8.45. The lowest BCUT2D eigenvalue weighted by Crippen LogP contribution is -2.52. The molecule has 0 spiro atoms. The fourth-order valence-electron chi connectivity index (χ4n) is 2.76. The molecule has 0 saturated heterocycles. The van der Waals surface area contributed by atoms with Crippen molar-refractivity contribution >= 4 is 17.8 Å². The molecule has 1 aliphatic rings. The normalized spacial score (nSPS) is 17.5. The Balaban J connectivity index is 2.39. The van der Waals surface area contributed by atoms with Gasteiger partial charge >= 0.3 is 5.97 Å². The van der Waals surface area contributed by atoms with Crippen LogP contribution in [-0.2, 0) is 19.1 Å². The molecule has 0 radical (unpaired) electrons. The topological polar surface area (TPSA) is 105 Å². The molecule has 2 unspecified atom stereocenters. The van der Waals surface area contributed by atoms with Crippen LogP contribution in [0.5, 0.6) is 0 Å². The van der Waals surface area contributed by atoms with Gasteiger partial charge in [0.05, 0.1) is 13.2 Å². The molecule has 0 aromatic carbocycles. The van der Waals surface area contributed by atoms with Gasteiger partial charge in [0, 0.05) is 6.42 Å². The number of ether oxygens (including phenoxy) is 1. The molecule has 0 heterocycles. The maximum Gasteiger partial charge on any atom is 0.328 e. The maximum atomic E-state index is 12.1. The molecule has 0 aliphatic heterocycles. The largest absolute Gasteiger partial charge is 0.480 e. The molecule has 2 amide bonds. The van der Waals surface area contributed by atoms with E-state index in [9.17, 15) is 14.4 Å². The molecule has 136 valence electrons. The van der Waals surface area contributed by atoms with E-state index in [1.807, 2.05) is 0 Å². The van der Waals surface area contributed by atoms with Crippen LogP contribution in [0.3, 0.4) is 0 Å². The highest BCUT2D eigenvalue weighted by Gasteiger charge is 2.25. The molecule has 0 aromatic heterocycles.